The van der Waals surface area contributed by atoms with E-state index < -0.39 is 0 Å². The minimum Gasteiger partial charge on any atom is -0.383 e. The number of pyridine rings is 1. The summed E-state index contributed by atoms with van der Waals surface area (Å²) in [5, 5.41) is 12.1. The van der Waals surface area contributed by atoms with E-state index in [9.17, 15) is 4.79 Å². The van der Waals surface area contributed by atoms with Gasteiger partial charge in [0.2, 0.25) is 0 Å². The van der Waals surface area contributed by atoms with Gasteiger partial charge in [0.15, 0.2) is 5.82 Å². The maximum Gasteiger partial charge on any atom is 0.320 e. The molecule has 2 amide bonds. The summed E-state index contributed by atoms with van der Waals surface area (Å²) in [5.74, 6) is 0.772. The predicted molar refractivity (Wildman–Crippen MR) is 82.9 cm³/mol. The summed E-state index contributed by atoms with van der Waals surface area (Å²) in [7, 11) is 0. The van der Waals surface area contributed by atoms with Crippen LogP contribution in [0.5, 0.6) is 0 Å². The number of hydrogen-bond acceptors (Lipinski definition) is 4. The van der Waals surface area contributed by atoms with Gasteiger partial charge in [-0.05, 0) is 23.8 Å². The summed E-state index contributed by atoms with van der Waals surface area (Å²) >= 11 is 0. The first-order valence-corrected chi connectivity index (χ1v) is 6.65. The lowest BCUT2D eigenvalue weighted by Gasteiger charge is -2.07. The number of aromatic nitrogens is 4. The van der Waals surface area contributed by atoms with Gasteiger partial charge >= 0.3 is 6.03 Å². The molecule has 0 aliphatic carbocycles. The van der Waals surface area contributed by atoms with Crippen LogP contribution >= 0.6 is 0 Å². The summed E-state index contributed by atoms with van der Waals surface area (Å²) < 4.78 is 0. The molecule has 6 N–H and O–H groups in total. The van der Waals surface area contributed by atoms with Crippen LogP contribution in [0.2, 0.25) is 0 Å². The Hall–Kier alpha value is -3.29. The molecule has 0 aromatic carbocycles. The molecule has 0 spiro atoms. The molecule has 0 bridgehead atoms. The Morgan fingerprint density at radius 1 is 1.27 bits per heavy atom. The number of urea groups is 1. The summed E-state index contributed by atoms with van der Waals surface area (Å²) in [6.07, 6.45) is 6.90. The molecule has 0 saturated heterocycles. The molecular weight excluding hydrogens is 282 g/mol. The Bertz CT molecular complexity index is 749. The molecule has 0 aliphatic rings. The summed E-state index contributed by atoms with van der Waals surface area (Å²) in [6, 6.07) is 5.15. The number of hydrogen-bond donors (Lipinski definition) is 5. The van der Waals surface area contributed by atoms with E-state index >= 15 is 0 Å². The topological polar surface area (TPSA) is 125 Å². The van der Waals surface area contributed by atoms with Crippen LogP contribution in [0.25, 0.3) is 11.1 Å². The highest BCUT2D eigenvalue weighted by Gasteiger charge is 2.15. The highest BCUT2D eigenvalue weighted by atomic mass is 16.2. The molecule has 3 aromatic heterocycles. The largest absolute Gasteiger partial charge is 0.383 e. The van der Waals surface area contributed by atoms with Crippen LogP contribution in [0.15, 0.2) is 43.0 Å². The monoisotopic (exact) mass is 297 g/mol. The van der Waals surface area contributed by atoms with Crippen LogP contribution in [0, 0.1) is 0 Å². The van der Waals surface area contributed by atoms with Crippen LogP contribution in [0.4, 0.5) is 16.4 Å². The van der Waals surface area contributed by atoms with Crippen LogP contribution in [-0.2, 0) is 6.54 Å². The first-order chi connectivity index (χ1) is 10.7. The number of nitrogens with two attached hydrogens (primary N) is 1. The second kappa shape index (κ2) is 6.00. The Balaban J connectivity index is 1.67. The van der Waals surface area contributed by atoms with Crippen molar-refractivity contribution in [3.8, 4) is 11.1 Å². The Morgan fingerprint density at radius 3 is 2.82 bits per heavy atom. The molecule has 0 unspecified atom stereocenters. The molecule has 3 heterocycles. The van der Waals surface area contributed by atoms with Crippen molar-refractivity contribution in [2.24, 2.45) is 0 Å². The minimum absolute atomic E-state index is 0.361. The number of H-pyrrole nitrogens is 2. The molecule has 0 saturated carbocycles. The van der Waals surface area contributed by atoms with E-state index in [1.54, 1.807) is 24.8 Å². The van der Waals surface area contributed by atoms with Crippen molar-refractivity contribution in [1.82, 2.24) is 25.5 Å². The van der Waals surface area contributed by atoms with E-state index in [1.165, 1.54) is 0 Å². The van der Waals surface area contributed by atoms with Crippen LogP contribution in [0.3, 0.4) is 0 Å². The maximum atomic E-state index is 12.0. The van der Waals surface area contributed by atoms with Crippen molar-refractivity contribution < 1.29 is 4.79 Å². The van der Waals surface area contributed by atoms with E-state index in [0.29, 0.717) is 23.7 Å². The zero-order valence-electron chi connectivity index (χ0n) is 11.6. The Morgan fingerprint density at radius 2 is 2.09 bits per heavy atom. The number of amides is 2. The van der Waals surface area contributed by atoms with Gasteiger partial charge in [0, 0.05) is 36.9 Å². The average Bonchev–Trinajstić information content (AvgIpc) is 3.16. The lowest BCUT2D eigenvalue weighted by molar-refractivity contribution is 0.251. The standard InChI is InChI=1S/C14H15N7O/c15-12-11(10-3-6-17-8-10)13(21-20-12)19-14(22)18-7-9-1-4-16-5-2-9/h1-6,8,17H,7H2,(H5,15,18,19,20,21,22). The van der Waals surface area contributed by atoms with E-state index in [1.807, 2.05) is 18.2 Å². The van der Waals surface area contributed by atoms with Gasteiger partial charge in [-0.1, -0.05) is 0 Å². The van der Waals surface area contributed by atoms with Gasteiger partial charge in [-0.2, -0.15) is 5.10 Å². The molecule has 0 radical (unpaired) electrons. The SMILES string of the molecule is Nc1[nH]nc(NC(=O)NCc2ccncc2)c1-c1cc[nH]c1. The first kappa shape index (κ1) is 13.7. The van der Waals surface area contributed by atoms with Gasteiger partial charge in [-0.15, -0.1) is 0 Å². The van der Waals surface area contributed by atoms with Crippen molar-refractivity contribution in [2.45, 2.75) is 6.54 Å². The molecule has 8 nitrogen and oxygen atoms in total. The minimum atomic E-state index is -0.361. The number of nitrogen functional groups attached to an aromatic ring is 1. The van der Waals surface area contributed by atoms with Crippen LogP contribution in [-0.4, -0.2) is 26.2 Å². The third-order valence-electron chi connectivity index (χ3n) is 3.12. The van der Waals surface area contributed by atoms with Crippen molar-refractivity contribution in [2.75, 3.05) is 11.1 Å². The summed E-state index contributed by atoms with van der Waals surface area (Å²) in [5.41, 5.74) is 8.32. The second-order valence-electron chi connectivity index (χ2n) is 4.62. The number of nitrogens with zero attached hydrogens (tertiary/aromatic N) is 2. The van der Waals surface area contributed by atoms with Gasteiger partial charge < -0.3 is 16.0 Å². The van der Waals surface area contributed by atoms with E-state index in [-0.39, 0.29) is 6.03 Å². The van der Waals surface area contributed by atoms with Crippen LogP contribution < -0.4 is 16.4 Å². The molecule has 0 atom stereocenters. The zero-order valence-corrected chi connectivity index (χ0v) is 11.6. The van der Waals surface area contributed by atoms with Gasteiger partial charge in [0.25, 0.3) is 0 Å². The predicted octanol–water partition coefficient (Wildman–Crippen LogP) is 1.70. The van der Waals surface area contributed by atoms with Crippen molar-refractivity contribution >= 4 is 17.7 Å². The fourth-order valence-corrected chi connectivity index (χ4v) is 2.05. The average molecular weight is 297 g/mol. The van der Waals surface area contributed by atoms with Crippen molar-refractivity contribution in [3.63, 3.8) is 0 Å². The zero-order chi connectivity index (χ0) is 15.4. The summed E-state index contributed by atoms with van der Waals surface area (Å²) in [4.78, 5) is 18.8. The molecule has 112 valence electrons. The molecule has 3 aromatic rings. The maximum absolute atomic E-state index is 12.0. The quantitative estimate of drug-likeness (QED) is 0.502. The Kier molecular flexibility index (Phi) is 3.73. The third kappa shape index (κ3) is 2.90. The molecular formula is C14H15N7O. The van der Waals surface area contributed by atoms with E-state index in [0.717, 1.165) is 11.1 Å². The Labute approximate surface area is 126 Å². The van der Waals surface area contributed by atoms with Crippen molar-refractivity contribution in [1.29, 1.82) is 0 Å². The fraction of sp³-hybridized carbons (Fsp3) is 0.0714. The highest BCUT2D eigenvalue weighted by Crippen LogP contribution is 2.30. The van der Waals surface area contributed by atoms with Crippen LogP contribution in [0.1, 0.15) is 5.56 Å². The molecule has 3 rings (SSSR count). The van der Waals surface area contributed by atoms with E-state index in [4.69, 9.17) is 5.73 Å². The smallest absolute Gasteiger partial charge is 0.320 e. The fourth-order valence-electron chi connectivity index (χ4n) is 2.05. The van der Waals surface area contributed by atoms with E-state index in [2.05, 4.69) is 30.8 Å². The molecule has 0 fully saturated rings. The normalized spacial score (nSPS) is 10.4. The number of rotatable bonds is 4. The lowest BCUT2D eigenvalue weighted by Crippen LogP contribution is -2.28. The number of anilines is 2. The second-order valence-corrected chi connectivity index (χ2v) is 4.62. The third-order valence-corrected chi connectivity index (χ3v) is 3.12. The highest BCUT2D eigenvalue weighted by molar-refractivity contribution is 5.95. The first-order valence-electron chi connectivity index (χ1n) is 6.65. The molecule has 8 heteroatoms. The number of carbonyl (C=O) groups is 1. The van der Waals surface area contributed by atoms with Crippen molar-refractivity contribution in [3.05, 3.63) is 48.5 Å². The summed E-state index contributed by atoms with van der Waals surface area (Å²) in [6.45, 7) is 0.397. The number of aromatic amines is 2. The lowest BCUT2D eigenvalue weighted by atomic mass is 10.1. The van der Waals surface area contributed by atoms with Gasteiger partial charge in [-0.3, -0.25) is 15.4 Å². The van der Waals surface area contributed by atoms with Gasteiger partial charge in [0.1, 0.15) is 5.82 Å². The van der Waals surface area contributed by atoms with Gasteiger partial charge in [-0.25, -0.2) is 4.79 Å². The van der Waals surface area contributed by atoms with Gasteiger partial charge in [0.05, 0.1) is 5.56 Å². The number of nitrogens with one attached hydrogen (secondary N) is 4. The number of carbonyl (C=O) groups excluding carboxylic acids is 1. The molecule has 0 aliphatic heterocycles. The molecule has 22 heavy (non-hydrogen) atoms.